The summed E-state index contributed by atoms with van der Waals surface area (Å²) in [6, 6.07) is 81.0. The molecule has 0 saturated heterocycles. The zero-order valence-electron chi connectivity index (χ0n) is 36.0. The molecule has 0 aliphatic heterocycles. The van der Waals surface area contributed by atoms with Crippen molar-refractivity contribution in [1.29, 1.82) is 0 Å². The standard InChI is InChI=1S/C61H50N2/c1-61(2)55-28-17-27-53(46-20-9-4-10-21-46)60(55)54-39-38-51(42-56(54)61)63(57-29-16-15-26-52(57)45-18-7-3-8-19-45)59-41-44-31-35-47-34-30-43(32-36-48(59)37-33-44)40-58(47)62(49-22-11-5-12-23-49)50-24-13-6-14-25-50/h3-30,33-34,37-42H,31-32,35-36H2,1-2H3. The second-order valence-electron chi connectivity index (χ2n) is 17.6. The molecule has 0 saturated carbocycles. The van der Waals surface area contributed by atoms with Crippen LogP contribution in [0, 0.1) is 0 Å². The van der Waals surface area contributed by atoms with Gasteiger partial charge in [-0.05, 0) is 141 Å². The maximum atomic E-state index is 2.57. The van der Waals surface area contributed by atoms with Crippen molar-refractivity contribution in [3.05, 3.63) is 252 Å². The van der Waals surface area contributed by atoms with E-state index in [1.165, 1.54) is 101 Å². The zero-order chi connectivity index (χ0) is 42.3. The smallest absolute Gasteiger partial charge is 0.0540 e. The van der Waals surface area contributed by atoms with Crippen LogP contribution in [0.25, 0.3) is 33.4 Å². The highest BCUT2D eigenvalue weighted by molar-refractivity contribution is 5.95. The van der Waals surface area contributed by atoms with Crippen molar-refractivity contribution >= 4 is 34.1 Å². The van der Waals surface area contributed by atoms with Gasteiger partial charge >= 0.3 is 0 Å². The minimum Gasteiger partial charge on any atom is -0.310 e. The van der Waals surface area contributed by atoms with Crippen LogP contribution in [0.2, 0.25) is 0 Å². The first-order valence-electron chi connectivity index (χ1n) is 22.4. The molecule has 0 heterocycles. The van der Waals surface area contributed by atoms with E-state index in [4.69, 9.17) is 0 Å². The molecular formula is C61H50N2. The predicted octanol–water partition coefficient (Wildman–Crippen LogP) is 16.2. The Kier molecular flexibility index (Phi) is 9.85. The topological polar surface area (TPSA) is 6.48 Å². The number of aryl methyl sites for hydroxylation is 4. The van der Waals surface area contributed by atoms with Crippen molar-refractivity contribution in [3.63, 3.8) is 0 Å². The molecule has 0 atom stereocenters. The van der Waals surface area contributed by atoms with E-state index in [1.54, 1.807) is 0 Å². The molecule has 0 radical (unpaired) electrons. The Labute approximate surface area is 372 Å². The molecule has 0 aromatic heterocycles. The predicted molar refractivity (Wildman–Crippen MR) is 266 cm³/mol. The third-order valence-electron chi connectivity index (χ3n) is 13.4. The second-order valence-corrected chi connectivity index (χ2v) is 17.6. The summed E-state index contributed by atoms with van der Waals surface area (Å²) in [6.07, 6.45) is 3.65. The van der Waals surface area contributed by atoms with Crippen LogP contribution in [-0.2, 0) is 31.1 Å². The first-order valence-corrected chi connectivity index (χ1v) is 22.4. The van der Waals surface area contributed by atoms with Crippen LogP contribution in [-0.4, -0.2) is 0 Å². The molecule has 2 nitrogen and oxygen atoms in total. The molecule has 304 valence electrons. The van der Waals surface area contributed by atoms with Gasteiger partial charge in [-0.3, -0.25) is 0 Å². The van der Waals surface area contributed by atoms with E-state index in [0.717, 1.165) is 25.7 Å². The highest BCUT2D eigenvalue weighted by atomic mass is 15.2. The number of benzene rings is 9. The Morgan fingerprint density at radius 2 is 0.841 bits per heavy atom. The average Bonchev–Trinajstić information content (AvgIpc) is 3.57. The van der Waals surface area contributed by atoms with E-state index in [2.05, 4.69) is 242 Å². The van der Waals surface area contributed by atoms with E-state index < -0.39 is 0 Å². The van der Waals surface area contributed by atoms with Crippen LogP contribution in [0.3, 0.4) is 0 Å². The third kappa shape index (κ3) is 7.02. The fraction of sp³-hybridized carbons (Fsp3) is 0.115. The lowest BCUT2D eigenvalue weighted by Gasteiger charge is -2.32. The molecule has 0 fully saturated rings. The summed E-state index contributed by atoms with van der Waals surface area (Å²) < 4.78 is 0. The molecule has 0 amide bonds. The Hall–Kier alpha value is -7.42. The normalized spacial score (nSPS) is 13.4. The summed E-state index contributed by atoms with van der Waals surface area (Å²) >= 11 is 0. The molecule has 5 aliphatic rings. The van der Waals surface area contributed by atoms with E-state index in [1.807, 2.05) is 0 Å². The van der Waals surface area contributed by atoms with Crippen molar-refractivity contribution in [2.75, 3.05) is 9.80 Å². The number of nitrogens with zero attached hydrogens (tertiary/aromatic N) is 2. The summed E-state index contributed by atoms with van der Waals surface area (Å²) in [6.45, 7) is 4.80. The molecule has 0 unspecified atom stereocenters. The summed E-state index contributed by atoms with van der Waals surface area (Å²) in [5.74, 6) is 0. The van der Waals surface area contributed by atoms with Gasteiger partial charge in [-0.2, -0.15) is 0 Å². The Balaban J connectivity index is 1.06. The highest BCUT2D eigenvalue weighted by Gasteiger charge is 2.38. The lowest BCUT2D eigenvalue weighted by Crippen LogP contribution is -2.18. The van der Waals surface area contributed by atoms with Gasteiger partial charge in [-0.15, -0.1) is 0 Å². The van der Waals surface area contributed by atoms with Crippen molar-refractivity contribution < 1.29 is 0 Å². The monoisotopic (exact) mass is 810 g/mol. The van der Waals surface area contributed by atoms with Crippen LogP contribution in [0.5, 0.6) is 0 Å². The van der Waals surface area contributed by atoms with Gasteiger partial charge in [0.05, 0.1) is 5.69 Å². The third-order valence-corrected chi connectivity index (χ3v) is 13.4. The van der Waals surface area contributed by atoms with Crippen LogP contribution in [0.1, 0.15) is 47.2 Å². The SMILES string of the molecule is CC1(C)c2cc(N(c3cc4ccc3CCc3ccc(c(N(c5ccccc5)c5ccccc5)c3)CC4)c3ccccc3-c3ccccc3)ccc2-c2c(-c3ccccc3)cccc21. The van der Waals surface area contributed by atoms with Gasteiger partial charge in [0, 0.05) is 39.4 Å². The van der Waals surface area contributed by atoms with Crippen molar-refractivity contribution in [2.45, 2.75) is 44.9 Å². The van der Waals surface area contributed by atoms with Crippen LogP contribution in [0.4, 0.5) is 34.1 Å². The fourth-order valence-corrected chi connectivity index (χ4v) is 10.2. The van der Waals surface area contributed by atoms with E-state index in [-0.39, 0.29) is 5.41 Å². The van der Waals surface area contributed by atoms with E-state index in [0.29, 0.717) is 0 Å². The second kappa shape index (κ2) is 16.1. The van der Waals surface area contributed by atoms with Gasteiger partial charge in [0.15, 0.2) is 0 Å². The zero-order valence-corrected chi connectivity index (χ0v) is 36.0. The summed E-state index contributed by atoms with van der Waals surface area (Å²) in [5.41, 5.74) is 22.8. The first-order chi connectivity index (χ1) is 31.0. The summed E-state index contributed by atoms with van der Waals surface area (Å²) in [5, 5.41) is 0. The summed E-state index contributed by atoms with van der Waals surface area (Å²) in [7, 11) is 0. The van der Waals surface area contributed by atoms with E-state index >= 15 is 0 Å². The molecule has 9 aromatic carbocycles. The molecular weight excluding hydrogens is 761 g/mol. The molecule has 0 spiro atoms. The summed E-state index contributed by atoms with van der Waals surface area (Å²) in [4.78, 5) is 5.01. The van der Waals surface area contributed by atoms with Crippen molar-refractivity contribution in [2.24, 2.45) is 0 Å². The number of fused-ring (bicyclic) bond motifs is 3. The van der Waals surface area contributed by atoms with Crippen LogP contribution >= 0.6 is 0 Å². The van der Waals surface area contributed by atoms with Gasteiger partial charge in [0.1, 0.15) is 0 Å². The fourth-order valence-electron chi connectivity index (χ4n) is 10.2. The number of hydrogen-bond donors (Lipinski definition) is 0. The molecule has 5 aliphatic carbocycles. The van der Waals surface area contributed by atoms with Gasteiger partial charge < -0.3 is 9.80 Å². The molecule has 14 rings (SSSR count). The molecule has 4 bridgehead atoms. The maximum absolute atomic E-state index is 2.57. The lowest BCUT2D eigenvalue weighted by atomic mass is 9.81. The molecule has 9 aromatic rings. The average molecular weight is 811 g/mol. The van der Waals surface area contributed by atoms with Crippen molar-refractivity contribution in [3.8, 4) is 33.4 Å². The Morgan fingerprint density at radius 1 is 0.333 bits per heavy atom. The van der Waals surface area contributed by atoms with Gasteiger partial charge in [-0.25, -0.2) is 0 Å². The largest absolute Gasteiger partial charge is 0.310 e. The number of anilines is 6. The number of hydrogen-bond acceptors (Lipinski definition) is 2. The molecule has 2 heteroatoms. The Morgan fingerprint density at radius 3 is 1.44 bits per heavy atom. The van der Waals surface area contributed by atoms with Gasteiger partial charge in [-0.1, -0.05) is 178 Å². The lowest BCUT2D eigenvalue weighted by molar-refractivity contribution is 0.660. The molecule has 0 N–H and O–H groups in total. The van der Waals surface area contributed by atoms with Gasteiger partial charge in [0.2, 0.25) is 0 Å². The van der Waals surface area contributed by atoms with Crippen molar-refractivity contribution in [1.82, 2.24) is 0 Å². The Bertz CT molecular complexity index is 3040. The number of rotatable bonds is 8. The highest BCUT2D eigenvalue weighted by Crippen LogP contribution is 2.54. The van der Waals surface area contributed by atoms with Gasteiger partial charge in [0.25, 0.3) is 0 Å². The maximum Gasteiger partial charge on any atom is 0.0540 e. The minimum atomic E-state index is -0.186. The first kappa shape index (κ1) is 38.5. The minimum absolute atomic E-state index is 0.186. The van der Waals surface area contributed by atoms with Crippen LogP contribution in [0.15, 0.2) is 218 Å². The molecule has 63 heavy (non-hydrogen) atoms. The van der Waals surface area contributed by atoms with E-state index in [9.17, 15) is 0 Å². The quantitative estimate of drug-likeness (QED) is 0.151. The number of para-hydroxylation sites is 3. The van der Waals surface area contributed by atoms with Crippen LogP contribution < -0.4 is 9.80 Å².